The zero-order valence-electron chi connectivity index (χ0n) is 18.1. The Morgan fingerprint density at radius 3 is 2.77 bits per heavy atom. The van der Waals surface area contributed by atoms with Crippen molar-refractivity contribution >= 4 is 17.7 Å². The van der Waals surface area contributed by atoms with Crippen LogP contribution in [0.25, 0.3) is 0 Å². The number of aryl methyl sites for hydroxylation is 1. The number of carbonyl (C=O) groups excluding carboxylic acids is 1. The molecule has 0 saturated carbocycles. The highest BCUT2D eigenvalue weighted by Gasteiger charge is 2.14. The number of H-pyrrole nitrogens is 1. The van der Waals surface area contributed by atoms with E-state index in [4.69, 9.17) is 4.74 Å². The molecule has 0 aliphatic carbocycles. The molecular weight excluding hydrogens is 416 g/mol. The number of rotatable bonds is 11. The van der Waals surface area contributed by atoms with Gasteiger partial charge in [-0.2, -0.15) is 5.10 Å². The molecule has 3 aromatic rings. The van der Waals surface area contributed by atoms with Crippen molar-refractivity contribution in [3.8, 4) is 0 Å². The number of thioether (sulfide) groups is 1. The third kappa shape index (κ3) is 6.08. The van der Waals surface area contributed by atoms with Gasteiger partial charge in [0, 0.05) is 38.1 Å². The average Bonchev–Trinajstić information content (AvgIpc) is 3.24. The molecule has 1 amide bonds. The molecule has 0 fully saturated rings. The van der Waals surface area contributed by atoms with Crippen LogP contribution in [0.1, 0.15) is 28.9 Å². The highest BCUT2D eigenvalue weighted by molar-refractivity contribution is 7.99. The maximum atomic E-state index is 12.4. The molecule has 31 heavy (non-hydrogen) atoms. The molecule has 10 heteroatoms. The van der Waals surface area contributed by atoms with Crippen LogP contribution < -0.4 is 11.0 Å². The summed E-state index contributed by atoms with van der Waals surface area (Å²) in [4.78, 5) is 24.3. The van der Waals surface area contributed by atoms with Crippen LogP contribution in [0.4, 0.5) is 0 Å². The van der Waals surface area contributed by atoms with Gasteiger partial charge >= 0.3 is 5.69 Å². The standard InChI is InChI=1S/C21H28N6O3S/c1-15-18(16(2)27(25-15)13-17-8-5-4-6-9-17)12-22-19(28)14-31-21-24-23-20(29)26(21)10-7-11-30-3/h4-6,8-9H,7,10-14H2,1-3H3,(H,22,28)(H,23,29). The van der Waals surface area contributed by atoms with Gasteiger partial charge in [0.05, 0.1) is 18.0 Å². The van der Waals surface area contributed by atoms with E-state index >= 15 is 0 Å². The summed E-state index contributed by atoms with van der Waals surface area (Å²) in [7, 11) is 1.62. The predicted octanol–water partition coefficient (Wildman–Crippen LogP) is 1.88. The smallest absolute Gasteiger partial charge is 0.343 e. The van der Waals surface area contributed by atoms with Crippen LogP contribution in [0.3, 0.4) is 0 Å². The van der Waals surface area contributed by atoms with Crippen molar-refractivity contribution in [1.82, 2.24) is 29.9 Å². The zero-order chi connectivity index (χ0) is 22.2. The number of amides is 1. The van der Waals surface area contributed by atoms with E-state index in [1.807, 2.05) is 36.7 Å². The summed E-state index contributed by atoms with van der Waals surface area (Å²) in [6.45, 7) is 6.11. The Balaban J connectivity index is 1.54. The Morgan fingerprint density at radius 2 is 2.03 bits per heavy atom. The van der Waals surface area contributed by atoms with Crippen molar-refractivity contribution in [2.45, 2.75) is 45.1 Å². The molecule has 0 atom stereocenters. The van der Waals surface area contributed by atoms with Crippen molar-refractivity contribution < 1.29 is 9.53 Å². The molecule has 0 saturated heterocycles. The van der Waals surface area contributed by atoms with E-state index in [-0.39, 0.29) is 17.3 Å². The Kier molecular flexibility index (Phi) is 8.07. The summed E-state index contributed by atoms with van der Waals surface area (Å²) < 4.78 is 8.51. The molecule has 0 radical (unpaired) electrons. The van der Waals surface area contributed by atoms with E-state index in [9.17, 15) is 9.59 Å². The van der Waals surface area contributed by atoms with Gasteiger partial charge in [-0.25, -0.2) is 9.89 Å². The summed E-state index contributed by atoms with van der Waals surface area (Å²) >= 11 is 1.23. The largest absolute Gasteiger partial charge is 0.385 e. The lowest BCUT2D eigenvalue weighted by atomic mass is 10.2. The maximum absolute atomic E-state index is 12.4. The summed E-state index contributed by atoms with van der Waals surface area (Å²) in [5, 5.41) is 14.5. The fraction of sp³-hybridized carbons (Fsp3) is 0.429. The fourth-order valence-electron chi connectivity index (χ4n) is 3.25. The van der Waals surface area contributed by atoms with Crippen LogP contribution in [-0.4, -0.2) is 49.9 Å². The molecule has 9 nitrogen and oxygen atoms in total. The minimum atomic E-state index is -0.281. The molecule has 2 N–H and O–H groups in total. The number of hydrogen-bond donors (Lipinski definition) is 2. The second kappa shape index (κ2) is 11.0. The van der Waals surface area contributed by atoms with Crippen LogP contribution in [0.15, 0.2) is 40.3 Å². The van der Waals surface area contributed by atoms with E-state index in [0.717, 1.165) is 17.0 Å². The van der Waals surface area contributed by atoms with Crippen LogP contribution >= 0.6 is 11.8 Å². The molecule has 0 bridgehead atoms. The molecule has 2 heterocycles. The van der Waals surface area contributed by atoms with Gasteiger partial charge in [0.2, 0.25) is 5.91 Å². The van der Waals surface area contributed by atoms with Crippen LogP contribution in [0.2, 0.25) is 0 Å². The molecule has 0 aliphatic rings. The monoisotopic (exact) mass is 444 g/mol. The third-order valence-electron chi connectivity index (χ3n) is 4.95. The highest BCUT2D eigenvalue weighted by Crippen LogP contribution is 2.16. The minimum absolute atomic E-state index is 0.126. The van der Waals surface area contributed by atoms with Crippen molar-refractivity contribution in [1.29, 1.82) is 0 Å². The molecule has 3 rings (SSSR count). The van der Waals surface area contributed by atoms with Crippen molar-refractivity contribution in [2.75, 3.05) is 19.5 Å². The molecule has 0 spiro atoms. The average molecular weight is 445 g/mol. The number of ether oxygens (including phenoxy) is 1. The Bertz CT molecular complexity index is 1060. The topological polar surface area (TPSA) is 107 Å². The maximum Gasteiger partial charge on any atom is 0.343 e. The van der Waals surface area contributed by atoms with Gasteiger partial charge in [0.25, 0.3) is 0 Å². The number of benzene rings is 1. The van der Waals surface area contributed by atoms with E-state index in [1.165, 1.54) is 21.9 Å². The van der Waals surface area contributed by atoms with Crippen molar-refractivity contribution in [3.63, 3.8) is 0 Å². The van der Waals surface area contributed by atoms with Gasteiger partial charge in [-0.05, 0) is 25.8 Å². The van der Waals surface area contributed by atoms with E-state index in [1.54, 1.807) is 7.11 Å². The summed E-state index contributed by atoms with van der Waals surface area (Å²) in [6, 6.07) is 10.1. The van der Waals surface area contributed by atoms with Gasteiger partial charge in [0.15, 0.2) is 5.16 Å². The number of carbonyl (C=O) groups is 1. The molecule has 0 aliphatic heterocycles. The van der Waals surface area contributed by atoms with Gasteiger partial charge < -0.3 is 10.1 Å². The van der Waals surface area contributed by atoms with Gasteiger partial charge in [-0.15, -0.1) is 5.10 Å². The first-order valence-corrected chi connectivity index (χ1v) is 11.1. The molecular formula is C21H28N6O3S. The second-order valence-corrected chi connectivity index (χ2v) is 8.11. The number of hydrogen-bond acceptors (Lipinski definition) is 6. The summed E-state index contributed by atoms with van der Waals surface area (Å²) in [5.41, 5.74) is 3.85. The number of aromatic amines is 1. The fourth-order valence-corrected chi connectivity index (χ4v) is 4.05. The van der Waals surface area contributed by atoms with Crippen LogP contribution in [-0.2, 0) is 29.2 Å². The first kappa shape index (κ1) is 22.8. The zero-order valence-corrected chi connectivity index (χ0v) is 18.9. The van der Waals surface area contributed by atoms with Gasteiger partial charge in [0.1, 0.15) is 0 Å². The number of methoxy groups -OCH3 is 1. The van der Waals surface area contributed by atoms with Crippen molar-refractivity contribution in [2.24, 2.45) is 0 Å². The third-order valence-corrected chi connectivity index (χ3v) is 5.93. The molecule has 2 aromatic heterocycles. The van der Waals surface area contributed by atoms with E-state index in [2.05, 4.69) is 32.7 Å². The number of aromatic nitrogens is 5. The second-order valence-electron chi connectivity index (χ2n) is 7.17. The van der Waals surface area contributed by atoms with Crippen LogP contribution in [0, 0.1) is 13.8 Å². The first-order valence-electron chi connectivity index (χ1n) is 10.1. The predicted molar refractivity (Wildman–Crippen MR) is 119 cm³/mol. The van der Waals surface area contributed by atoms with Crippen LogP contribution in [0.5, 0.6) is 0 Å². The van der Waals surface area contributed by atoms with Gasteiger partial charge in [-0.3, -0.25) is 14.0 Å². The SMILES string of the molecule is COCCCn1c(SCC(=O)NCc2c(C)nn(Cc3ccccc3)c2C)n[nH]c1=O. The lowest BCUT2D eigenvalue weighted by molar-refractivity contribution is -0.118. The summed E-state index contributed by atoms with van der Waals surface area (Å²) in [6.07, 6.45) is 0.696. The summed E-state index contributed by atoms with van der Waals surface area (Å²) in [5.74, 6) is 0.0451. The molecule has 1 aromatic carbocycles. The lowest BCUT2D eigenvalue weighted by Gasteiger charge is -2.08. The first-order chi connectivity index (χ1) is 15.0. The normalized spacial score (nSPS) is 11.1. The Hall–Kier alpha value is -2.85. The van der Waals surface area contributed by atoms with Crippen molar-refractivity contribution in [3.05, 3.63) is 63.3 Å². The van der Waals surface area contributed by atoms with E-state index in [0.29, 0.717) is 37.8 Å². The van der Waals surface area contributed by atoms with E-state index < -0.39 is 0 Å². The minimum Gasteiger partial charge on any atom is -0.385 e. The number of nitrogens with one attached hydrogen (secondary N) is 2. The molecule has 166 valence electrons. The number of nitrogens with zero attached hydrogens (tertiary/aromatic N) is 4. The lowest BCUT2D eigenvalue weighted by Crippen LogP contribution is -2.25. The Morgan fingerprint density at radius 1 is 1.26 bits per heavy atom. The Labute approximate surface area is 185 Å². The molecule has 0 unspecified atom stereocenters. The quantitative estimate of drug-likeness (QED) is 0.345. The highest BCUT2D eigenvalue weighted by atomic mass is 32.2. The van der Waals surface area contributed by atoms with Gasteiger partial charge in [-0.1, -0.05) is 42.1 Å².